The lowest BCUT2D eigenvalue weighted by Crippen LogP contribution is -2.14. The summed E-state index contributed by atoms with van der Waals surface area (Å²) < 4.78 is 5.50. The Hall–Kier alpha value is -3.76. The molecule has 2 N–H and O–H groups in total. The maximum absolute atomic E-state index is 12.7. The third kappa shape index (κ3) is 5.77. The molecular formula is C24H20N4O4S2. The number of ether oxygens (including phenoxy) is 1. The van der Waals surface area contributed by atoms with E-state index in [4.69, 9.17) is 4.74 Å². The van der Waals surface area contributed by atoms with Gasteiger partial charge in [0, 0.05) is 11.3 Å². The largest absolute Gasteiger partial charge is 0.462 e. The van der Waals surface area contributed by atoms with Crippen LogP contribution < -0.4 is 10.6 Å². The number of carbonyl (C=O) groups is 3. The molecule has 0 unspecified atom stereocenters. The van der Waals surface area contributed by atoms with Crippen molar-refractivity contribution in [3.8, 4) is 0 Å². The van der Waals surface area contributed by atoms with Gasteiger partial charge < -0.3 is 10.1 Å². The van der Waals surface area contributed by atoms with Gasteiger partial charge in [-0.3, -0.25) is 14.9 Å². The molecule has 0 saturated carbocycles. The molecule has 0 spiro atoms. The third-order valence-electron chi connectivity index (χ3n) is 4.67. The van der Waals surface area contributed by atoms with Crippen molar-refractivity contribution < 1.29 is 19.1 Å². The van der Waals surface area contributed by atoms with Crippen molar-refractivity contribution in [2.24, 2.45) is 0 Å². The number of fused-ring (bicyclic) bond motifs is 1. The molecule has 4 aromatic rings. The molecule has 0 aliphatic heterocycles. The van der Waals surface area contributed by atoms with Crippen LogP contribution in [0, 0.1) is 0 Å². The van der Waals surface area contributed by atoms with Crippen molar-refractivity contribution in [3.63, 3.8) is 0 Å². The normalized spacial score (nSPS) is 10.6. The van der Waals surface area contributed by atoms with Gasteiger partial charge in [-0.25, -0.2) is 4.79 Å². The molecule has 0 aliphatic rings. The monoisotopic (exact) mass is 492 g/mol. The number of benzene rings is 3. The van der Waals surface area contributed by atoms with Gasteiger partial charge in [0.15, 0.2) is 4.34 Å². The summed E-state index contributed by atoms with van der Waals surface area (Å²) in [5.74, 6) is -0.791. The first-order chi connectivity index (χ1) is 16.5. The zero-order valence-corrected chi connectivity index (χ0v) is 19.7. The molecule has 34 heavy (non-hydrogen) atoms. The van der Waals surface area contributed by atoms with E-state index in [-0.39, 0.29) is 17.6 Å². The van der Waals surface area contributed by atoms with E-state index in [9.17, 15) is 14.4 Å². The van der Waals surface area contributed by atoms with Crippen LogP contribution in [-0.4, -0.2) is 40.3 Å². The summed E-state index contributed by atoms with van der Waals surface area (Å²) in [6.07, 6.45) is 0. The number of hydrogen-bond donors (Lipinski definition) is 2. The number of aromatic nitrogens is 2. The van der Waals surface area contributed by atoms with E-state index in [1.807, 2.05) is 36.4 Å². The fraction of sp³-hybridized carbons (Fsp3) is 0.125. The highest BCUT2D eigenvalue weighted by Gasteiger charge is 2.14. The van der Waals surface area contributed by atoms with Crippen molar-refractivity contribution in [2.75, 3.05) is 23.0 Å². The Bertz CT molecular complexity index is 1330. The lowest BCUT2D eigenvalue weighted by Gasteiger charge is -2.06. The lowest BCUT2D eigenvalue weighted by molar-refractivity contribution is -0.113. The van der Waals surface area contributed by atoms with E-state index in [0.29, 0.717) is 32.9 Å². The highest BCUT2D eigenvalue weighted by atomic mass is 32.2. The number of amides is 2. The molecule has 0 fully saturated rings. The summed E-state index contributed by atoms with van der Waals surface area (Å²) in [5, 5.41) is 15.8. The molecule has 0 aliphatic carbocycles. The zero-order valence-electron chi connectivity index (χ0n) is 18.1. The molecule has 3 aromatic carbocycles. The van der Waals surface area contributed by atoms with Gasteiger partial charge in [-0.15, -0.1) is 10.2 Å². The Kier molecular flexibility index (Phi) is 7.51. The van der Waals surface area contributed by atoms with Crippen LogP contribution in [0.1, 0.15) is 27.6 Å². The highest BCUT2D eigenvalue weighted by molar-refractivity contribution is 8.01. The minimum Gasteiger partial charge on any atom is -0.462 e. The Morgan fingerprint density at radius 3 is 2.50 bits per heavy atom. The second kappa shape index (κ2) is 10.9. The van der Waals surface area contributed by atoms with Crippen LogP contribution in [0.25, 0.3) is 10.8 Å². The Morgan fingerprint density at radius 1 is 0.941 bits per heavy atom. The van der Waals surface area contributed by atoms with Gasteiger partial charge in [-0.1, -0.05) is 59.5 Å². The third-order valence-corrected chi connectivity index (χ3v) is 6.64. The second-order valence-electron chi connectivity index (χ2n) is 6.99. The van der Waals surface area contributed by atoms with Crippen molar-refractivity contribution in [1.29, 1.82) is 0 Å². The van der Waals surface area contributed by atoms with E-state index in [0.717, 1.165) is 10.8 Å². The zero-order chi connectivity index (χ0) is 23.9. The minimum atomic E-state index is -0.407. The van der Waals surface area contributed by atoms with E-state index >= 15 is 0 Å². The van der Waals surface area contributed by atoms with E-state index in [1.165, 1.54) is 23.1 Å². The number of thioether (sulfide) groups is 1. The van der Waals surface area contributed by atoms with Crippen molar-refractivity contribution in [3.05, 3.63) is 77.9 Å². The summed E-state index contributed by atoms with van der Waals surface area (Å²) in [4.78, 5) is 36.7. The average Bonchev–Trinajstić information content (AvgIpc) is 3.30. The summed E-state index contributed by atoms with van der Waals surface area (Å²) in [7, 11) is 0. The Labute approximate surface area is 203 Å². The summed E-state index contributed by atoms with van der Waals surface area (Å²) in [6, 6.07) is 19.7. The predicted molar refractivity (Wildman–Crippen MR) is 134 cm³/mol. The number of hydrogen-bond acceptors (Lipinski definition) is 8. The number of nitrogens with one attached hydrogen (secondary N) is 2. The summed E-state index contributed by atoms with van der Waals surface area (Å²) in [6.45, 7) is 2.04. The molecule has 172 valence electrons. The molecule has 10 heteroatoms. The number of esters is 1. The van der Waals surface area contributed by atoms with Gasteiger partial charge in [0.05, 0.1) is 17.9 Å². The van der Waals surface area contributed by atoms with Crippen LogP contribution in [0.4, 0.5) is 10.8 Å². The number of carbonyl (C=O) groups excluding carboxylic acids is 3. The van der Waals surface area contributed by atoms with E-state index in [1.54, 1.807) is 37.3 Å². The molecule has 0 radical (unpaired) electrons. The fourth-order valence-corrected chi connectivity index (χ4v) is 4.68. The molecule has 1 aromatic heterocycles. The molecule has 0 atom stereocenters. The maximum Gasteiger partial charge on any atom is 0.338 e. The van der Waals surface area contributed by atoms with Crippen LogP contribution in [0.5, 0.6) is 0 Å². The van der Waals surface area contributed by atoms with Gasteiger partial charge in [-0.05, 0) is 48.0 Å². The molecule has 0 saturated heterocycles. The van der Waals surface area contributed by atoms with Crippen LogP contribution in [-0.2, 0) is 9.53 Å². The number of anilines is 2. The molecule has 1 heterocycles. The van der Waals surface area contributed by atoms with Gasteiger partial charge in [0.25, 0.3) is 5.91 Å². The van der Waals surface area contributed by atoms with Gasteiger partial charge in [-0.2, -0.15) is 0 Å². The quantitative estimate of drug-likeness (QED) is 0.205. The maximum atomic E-state index is 12.7. The number of nitrogens with zero attached hydrogens (tertiary/aromatic N) is 2. The Morgan fingerprint density at radius 2 is 1.71 bits per heavy atom. The number of rotatable bonds is 8. The van der Waals surface area contributed by atoms with Crippen LogP contribution in [0.3, 0.4) is 0 Å². The van der Waals surface area contributed by atoms with Crippen LogP contribution in [0.2, 0.25) is 0 Å². The first-order valence-corrected chi connectivity index (χ1v) is 12.2. The standard InChI is InChI=1S/C24H20N4O4S2/c1-2-32-22(31)16-10-12-17(13-11-16)25-20(29)14-33-24-28-27-23(34-24)26-21(30)19-9-5-7-15-6-3-4-8-18(15)19/h3-13H,2,14H2,1H3,(H,25,29)(H,26,27,30). The van der Waals surface area contributed by atoms with E-state index in [2.05, 4.69) is 20.8 Å². The van der Waals surface area contributed by atoms with Crippen LogP contribution >= 0.6 is 23.1 Å². The predicted octanol–water partition coefficient (Wildman–Crippen LogP) is 4.85. The van der Waals surface area contributed by atoms with Crippen molar-refractivity contribution >= 4 is 62.5 Å². The highest BCUT2D eigenvalue weighted by Crippen LogP contribution is 2.27. The molecule has 8 nitrogen and oxygen atoms in total. The smallest absolute Gasteiger partial charge is 0.338 e. The van der Waals surface area contributed by atoms with E-state index < -0.39 is 5.97 Å². The SMILES string of the molecule is CCOC(=O)c1ccc(NC(=O)CSc2nnc(NC(=O)c3cccc4ccccc34)s2)cc1. The second-order valence-corrected chi connectivity index (χ2v) is 9.19. The summed E-state index contributed by atoms with van der Waals surface area (Å²) >= 11 is 2.41. The van der Waals surface area contributed by atoms with Crippen molar-refractivity contribution in [2.45, 2.75) is 11.3 Å². The van der Waals surface area contributed by atoms with Crippen molar-refractivity contribution in [1.82, 2.24) is 10.2 Å². The summed E-state index contributed by atoms with van der Waals surface area (Å²) in [5.41, 5.74) is 1.54. The minimum absolute atomic E-state index is 0.117. The van der Waals surface area contributed by atoms with Gasteiger partial charge >= 0.3 is 5.97 Å². The average molecular weight is 493 g/mol. The first kappa shape index (κ1) is 23.4. The molecular weight excluding hydrogens is 472 g/mol. The fourth-order valence-electron chi connectivity index (χ4n) is 3.13. The van der Waals surface area contributed by atoms with Gasteiger partial charge in [0.1, 0.15) is 0 Å². The Balaban J connectivity index is 1.30. The van der Waals surface area contributed by atoms with Gasteiger partial charge in [0.2, 0.25) is 11.0 Å². The molecule has 4 rings (SSSR count). The molecule has 2 amide bonds. The topological polar surface area (TPSA) is 110 Å². The molecule has 0 bridgehead atoms. The van der Waals surface area contributed by atoms with Crippen LogP contribution in [0.15, 0.2) is 71.1 Å². The first-order valence-electron chi connectivity index (χ1n) is 10.4. The lowest BCUT2D eigenvalue weighted by atomic mass is 10.0.